The summed E-state index contributed by atoms with van der Waals surface area (Å²) in [6.45, 7) is 4.37. The fraction of sp³-hybridized carbons (Fsp3) is 0.267. The fourth-order valence-electron chi connectivity index (χ4n) is 4.11. The van der Waals surface area contributed by atoms with Crippen LogP contribution in [0.4, 0.5) is 11.4 Å². The van der Waals surface area contributed by atoms with Crippen LogP contribution in [0, 0.1) is 0 Å². The monoisotopic (exact) mass is 454 g/mol. The summed E-state index contributed by atoms with van der Waals surface area (Å²) in [6.07, 6.45) is 6.35. The molecule has 0 aliphatic carbocycles. The standard InChI is InChI=1S/C30H34N2O2/c1-3-5-7-22-17-25(31)11-15-29(22)33-27-13-9-21-10-14-28(20-24(21)19-27)34-30-16-12-26(32)18-23(30)8-6-4-2/h9-20H,3-8,31-32H2,1-2H3. The summed E-state index contributed by atoms with van der Waals surface area (Å²) in [5.74, 6) is 3.31. The number of hydrogen-bond donors (Lipinski definition) is 2. The number of unbranched alkanes of at least 4 members (excludes halogenated alkanes) is 2. The van der Waals surface area contributed by atoms with Crippen molar-refractivity contribution in [1.82, 2.24) is 0 Å². The summed E-state index contributed by atoms with van der Waals surface area (Å²) < 4.78 is 12.6. The molecule has 0 aromatic heterocycles. The van der Waals surface area contributed by atoms with Crippen LogP contribution >= 0.6 is 0 Å². The number of rotatable bonds is 10. The second kappa shape index (κ2) is 11.0. The lowest BCUT2D eigenvalue weighted by Crippen LogP contribution is -1.96. The number of ether oxygens (including phenoxy) is 2. The molecule has 4 nitrogen and oxygen atoms in total. The maximum atomic E-state index is 6.29. The van der Waals surface area contributed by atoms with Gasteiger partial charge in [-0.15, -0.1) is 0 Å². The van der Waals surface area contributed by atoms with Crippen LogP contribution in [-0.4, -0.2) is 0 Å². The van der Waals surface area contributed by atoms with Gasteiger partial charge in [0.1, 0.15) is 23.0 Å². The van der Waals surface area contributed by atoms with Crippen molar-refractivity contribution in [2.45, 2.75) is 52.4 Å². The molecule has 4 N–H and O–H groups in total. The van der Waals surface area contributed by atoms with Gasteiger partial charge >= 0.3 is 0 Å². The Labute approximate surface area is 202 Å². The van der Waals surface area contributed by atoms with Crippen molar-refractivity contribution in [3.63, 3.8) is 0 Å². The number of nitrogen functional groups attached to an aromatic ring is 2. The van der Waals surface area contributed by atoms with Gasteiger partial charge in [-0.25, -0.2) is 0 Å². The molecule has 0 atom stereocenters. The first-order valence-electron chi connectivity index (χ1n) is 12.2. The molecule has 0 aliphatic heterocycles. The Balaban J connectivity index is 1.59. The lowest BCUT2D eigenvalue weighted by atomic mass is 10.1. The van der Waals surface area contributed by atoms with Crippen LogP contribution in [0.15, 0.2) is 72.8 Å². The Morgan fingerprint density at radius 2 is 1.03 bits per heavy atom. The molecule has 0 heterocycles. The van der Waals surface area contributed by atoms with Crippen LogP contribution < -0.4 is 20.9 Å². The average molecular weight is 455 g/mol. The fourth-order valence-corrected chi connectivity index (χ4v) is 4.11. The topological polar surface area (TPSA) is 70.5 Å². The maximum Gasteiger partial charge on any atom is 0.130 e. The van der Waals surface area contributed by atoms with Crippen molar-refractivity contribution in [3.05, 3.63) is 83.9 Å². The van der Waals surface area contributed by atoms with Gasteiger partial charge in [0.25, 0.3) is 0 Å². The highest BCUT2D eigenvalue weighted by atomic mass is 16.5. The molecule has 176 valence electrons. The number of fused-ring (bicyclic) bond motifs is 1. The smallest absolute Gasteiger partial charge is 0.130 e. The molecule has 34 heavy (non-hydrogen) atoms. The third-order valence-corrected chi connectivity index (χ3v) is 6.01. The van der Waals surface area contributed by atoms with Crippen molar-refractivity contribution >= 4 is 22.1 Å². The van der Waals surface area contributed by atoms with E-state index in [1.54, 1.807) is 0 Å². The molecule has 4 aromatic rings. The van der Waals surface area contributed by atoms with E-state index in [-0.39, 0.29) is 0 Å². The molecule has 0 bridgehead atoms. The molecule has 4 rings (SSSR count). The van der Waals surface area contributed by atoms with Crippen molar-refractivity contribution in [2.75, 3.05) is 11.5 Å². The van der Waals surface area contributed by atoms with Gasteiger partial charge in [-0.05, 0) is 108 Å². The van der Waals surface area contributed by atoms with E-state index in [0.717, 1.165) is 94.8 Å². The summed E-state index contributed by atoms with van der Waals surface area (Å²) in [5, 5.41) is 2.19. The van der Waals surface area contributed by atoms with E-state index in [9.17, 15) is 0 Å². The molecule has 4 aromatic carbocycles. The first-order valence-corrected chi connectivity index (χ1v) is 12.2. The highest BCUT2D eigenvalue weighted by Crippen LogP contribution is 2.34. The predicted octanol–water partition coefficient (Wildman–Crippen LogP) is 8.27. The van der Waals surface area contributed by atoms with Crippen LogP contribution in [0.5, 0.6) is 23.0 Å². The zero-order valence-electron chi connectivity index (χ0n) is 20.1. The van der Waals surface area contributed by atoms with Crippen LogP contribution in [0.3, 0.4) is 0 Å². The number of nitrogens with two attached hydrogens (primary N) is 2. The largest absolute Gasteiger partial charge is 0.457 e. The zero-order chi connectivity index (χ0) is 23.9. The quantitative estimate of drug-likeness (QED) is 0.237. The predicted molar refractivity (Wildman–Crippen MR) is 143 cm³/mol. The number of aryl methyl sites for hydroxylation is 2. The minimum Gasteiger partial charge on any atom is -0.457 e. The number of anilines is 2. The Kier molecular flexibility index (Phi) is 7.58. The molecular formula is C30H34N2O2. The van der Waals surface area contributed by atoms with Gasteiger partial charge in [-0.2, -0.15) is 0 Å². The molecular weight excluding hydrogens is 420 g/mol. The van der Waals surface area contributed by atoms with Crippen molar-refractivity contribution in [3.8, 4) is 23.0 Å². The minimum absolute atomic E-state index is 0.764. The van der Waals surface area contributed by atoms with Gasteiger partial charge in [0.05, 0.1) is 0 Å². The summed E-state index contributed by atoms with van der Waals surface area (Å²) in [4.78, 5) is 0. The van der Waals surface area contributed by atoms with E-state index in [2.05, 4.69) is 38.1 Å². The molecule has 0 spiro atoms. The number of benzene rings is 4. The summed E-state index contributed by atoms with van der Waals surface area (Å²) >= 11 is 0. The normalized spacial score (nSPS) is 11.0. The van der Waals surface area contributed by atoms with Gasteiger partial charge in [0, 0.05) is 11.4 Å². The van der Waals surface area contributed by atoms with Gasteiger partial charge in [0.2, 0.25) is 0 Å². The highest BCUT2D eigenvalue weighted by Gasteiger charge is 2.09. The van der Waals surface area contributed by atoms with Crippen LogP contribution in [0.1, 0.15) is 50.7 Å². The second-order valence-corrected chi connectivity index (χ2v) is 8.82. The molecule has 0 saturated heterocycles. The molecule has 0 saturated carbocycles. The summed E-state index contributed by atoms with van der Waals surface area (Å²) in [6, 6.07) is 24.0. The van der Waals surface area contributed by atoms with E-state index in [0.29, 0.717) is 0 Å². The Morgan fingerprint density at radius 1 is 0.559 bits per heavy atom. The molecule has 4 heteroatoms. The highest BCUT2D eigenvalue weighted by molar-refractivity contribution is 5.85. The van der Waals surface area contributed by atoms with E-state index in [1.165, 1.54) is 0 Å². The summed E-state index contributed by atoms with van der Waals surface area (Å²) in [7, 11) is 0. The molecule has 0 amide bonds. The molecule has 0 unspecified atom stereocenters. The summed E-state index contributed by atoms with van der Waals surface area (Å²) in [5.41, 5.74) is 15.8. The SMILES string of the molecule is CCCCc1cc(N)ccc1Oc1ccc2ccc(Oc3ccc(N)cc3CCCC)cc2c1. The average Bonchev–Trinajstić information content (AvgIpc) is 2.84. The van der Waals surface area contributed by atoms with Crippen molar-refractivity contribution in [2.24, 2.45) is 0 Å². The third kappa shape index (κ3) is 5.82. The van der Waals surface area contributed by atoms with Crippen LogP contribution in [0.25, 0.3) is 10.8 Å². The molecule has 0 radical (unpaired) electrons. The van der Waals surface area contributed by atoms with Crippen LogP contribution in [0.2, 0.25) is 0 Å². The van der Waals surface area contributed by atoms with Gasteiger partial charge in [0.15, 0.2) is 0 Å². The number of hydrogen-bond acceptors (Lipinski definition) is 4. The van der Waals surface area contributed by atoms with E-state index >= 15 is 0 Å². The maximum absolute atomic E-state index is 6.29. The zero-order valence-corrected chi connectivity index (χ0v) is 20.1. The first-order chi connectivity index (χ1) is 16.6. The second-order valence-electron chi connectivity index (χ2n) is 8.82. The van der Waals surface area contributed by atoms with E-state index in [1.807, 2.05) is 48.5 Å². The van der Waals surface area contributed by atoms with Gasteiger partial charge < -0.3 is 20.9 Å². The Hall–Kier alpha value is -3.66. The first kappa shape index (κ1) is 23.5. The van der Waals surface area contributed by atoms with Crippen molar-refractivity contribution in [1.29, 1.82) is 0 Å². The molecule has 0 fully saturated rings. The lowest BCUT2D eigenvalue weighted by molar-refractivity contribution is 0.474. The lowest BCUT2D eigenvalue weighted by Gasteiger charge is -2.14. The third-order valence-electron chi connectivity index (χ3n) is 6.01. The van der Waals surface area contributed by atoms with Gasteiger partial charge in [-0.1, -0.05) is 38.8 Å². The van der Waals surface area contributed by atoms with E-state index in [4.69, 9.17) is 20.9 Å². The van der Waals surface area contributed by atoms with E-state index < -0.39 is 0 Å². The van der Waals surface area contributed by atoms with Crippen LogP contribution in [-0.2, 0) is 12.8 Å². The molecule has 0 aliphatic rings. The Morgan fingerprint density at radius 3 is 1.47 bits per heavy atom. The Bertz CT molecular complexity index is 1170. The van der Waals surface area contributed by atoms with Gasteiger partial charge in [-0.3, -0.25) is 0 Å². The van der Waals surface area contributed by atoms with Crippen molar-refractivity contribution < 1.29 is 9.47 Å². The minimum atomic E-state index is 0.764.